The third-order valence-electron chi connectivity index (χ3n) is 14.8. The highest BCUT2D eigenvalue weighted by atomic mass is 32.2. The number of H-pyrrole nitrogens is 1. The lowest BCUT2D eigenvalue weighted by Crippen LogP contribution is -2.61. The van der Waals surface area contributed by atoms with Crippen LogP contribution in [0.2, 0.25) is 0 Å². The lowest BCUT2D eigenvalue weighted by Gasteiger charge is -2.31. The van der Waals surface area contributed by atoms with Gasteiger partial charge in [0.1, 0.15) is 60.4 Å². The lowest BCUT2D eigenvalue weighted by atomic mass is 10.00. The number of nitrogens with zero attached hydrogens (tertiary/aromatic N) is 2. The largest absolute Gasteiger partial charge is 0.480 e. The molecule has 0 bridgehead atoms. The summed E-state index contributed by atoms with van der Waals surface area (Å²) in [7, 11) is 0. The fraction of sp³-hybridized carbons (Fsp3) is 0.636. The predicted molar refractivity (Wildman–Crippen MR) is 320 cm³/mol. The maximum atomic E-state index is 14.7. The fourth-order valence-electron chi connectivity index (χ4n) is 9.97. The van der Waals surface area contributed by atoms with Gasteiger partial charge < -0.3 is 89.8 Å². The smallest absolute Gasteiger partial charge is 0.325 e. The van der Waals surface area contributed by atoms with E-state index in [0.717, 1.165) is 0 Å². The van der Waals surface area contributed by atoms with Crippen LogP contribution in [0, 0.1) is 5.92 Å². The van der Waals surface area contributed by atoms with Crippen LogP contribution >= 0.6 is 24.4 Å². The van der Waals surface area contributed by atoms with Gasteiger partial charge in [-0.05, 0) is 107 Å². The molecular weight excluding hydrogens is 1160 g/mol. The second-order valence-corrected chi connectivity index (χ2v) is 23.1. The van der Waals surface area contributed by atoms with Crippen molar-refractivity contribution >= 4 is 106 Å². The minimum absolute atomic E-state index is 0.000665. The summed E-state index contributed by atoms with van der Waals surface area (Å²) in [4.78, 5) is 168. The molecule has 0 unspecified atom stereocenters. The Bertz CT molecular complexity index is 2700. The maximum Gasteiger partial charge on any atom is 0.325 e. The normalized spacial score (nSPS) is 18.0. The van der Waals surface area contributed by atoms with Gasteiger partial charge in [-0.25, -0.2) is 0 Å². The summed E-state index contributed by atoms with van der Waals surface area (Å²) in [6.07, 6.45) is 5.01. The molecule has 1 aromatic heterocycles. The first-order chi connectivity index (χ1) is 40.9. The van der Waals surface area contributed by atoms with Gasteiger partial charge in [0.25, 0.3) is 0 Å². The molecule has 18 N–H and O–H groups in total. The molecule has 1 aromatic carbocycles. The molecule has 2 aliphatic heterocycles. The number of aliphatic carboxylic acids is 1. The van der Waals surface area contributed by atoms with E-state index in [1.165, 1.54) is 28.5 Å². The zero-order valence-corrected chi connectivity index (χ0v) is 50.7. The van der Waals surface area contributed by atoms with Gasteiger partial charge in [0.05, 0.1) is 19.3 Å². The number of carbonyl (C=O) groups is 12. The van der Waals surface area contributed by atoms with Gasteiger partial charge in [-0.15, -0.1) is 0 Å². The van der Waals surface area contributed by atoms with Crippen molar-refractivity contribution in [3.8, 4) is 0 Å². The number of para-hydroxylation sites is 1. The molecule has 3 heterocycles. The van der Waals surface area contributed by atoms with Gasteiger partial charge in [0.15, 0.2) is 0 Å². The Balaban J connectivity index is 1.56. The minimum Gasteiger partial charge on any atom is -0.480 e. The number of rotatable bonds is 36. The van der Waals surface area contributed by atoms with Crippen LogP contribution in [0.4, 0.5) is 0 Å². The van der Waals surface area contributed by atoms with Crippen molar-refractivity contribution in [2.75, 3.05) is 50.6 Å². The van der Waals surface area contributed by atoms with Crippen molar-refractivity contribution in [1.82, 2.24) is 57.3 Å². The molecule has 2 saturated heterocycles. The third-order valence-corrected chi connectivity index (χ3v) is 15.8. The molecule has 478 valence electrons. The number of carbonyl (C=O) groups excluding carboxylic acids is 11. The van der Waals surface area contributed by atoms with Crippen molar-refractivity contribution in [2.45, 2.75) is 164 Å². The molecule has 2 fully saturated rings. The van der Waals surface area contributed by atoms with Gasteiger partial charge in [-0.2, -0.15) is 24.4 Å². The Morgan fingerprint density at radius 3 is 1.71 bits per heavy atom. The number of aromatic nitrogens is 1. The highest BCUT2D eigenvalue weighted by Gasteiger charge is 2.42. The molecule has 29 nitrogen and oxygen atoms in total. The lowest BCUT2D eigenvalue weighted by molar-refractivity contribution is -0.143. The van der Waals surface area contributed by atoms with E-state index in [1.54, 1.807) is 44.3 Å². The Labute approximate surface area is 508 Å². The molecule has 86 heavy (non-hydrogen) atoms. The number of fused-ring (bicyclic) bond motifs is 1. The predicted octanol–water partition coefficient (Wildman–Crippen LogP) is -3.89. The number of unbranched alkanes of at least 4 members (excludes halogenated alkanes) is 1. The summed E-state index contributed by atoms with van der Waals surface area (Å²) < 4.78 is 0. The quantitative estimate of drug-likeness (QED) is 0.0229. The summed E-state index contributed by atoms with van der Waals surface area (Å²) in [5.41, 5.74) is 18.6. The van der Waals surface area contributed by atoms with Crippen molar-refractivity contribution < 1.29 is 72.9 Å². The van der Waals surface area contributed by atoms with Crippen LogP contribution in [-0.4, -0.2) is 218 Å². The standard InChI is InChI=1S/C55H86N14O15S2/c1-29(2)23-38(54(82)69-21-10-15-43(69)52(80)66-40(27-71)49(77)67-41(28-85)50(78)60-30(3)55(83)84)64-46(74)35(16-17-44(58)72)61-47(75)37(24-31-25-59-34-12-6-5-11-32(31)34)63-48(76)39(26-70)65-51(79)42-14-9-20-68(42)53(81)36(13-7-8-19-56)62-45(73)33(57)18-22-86-4/h5-6,11-12,25,29-30,33,35-43,59,70-71,85H,7-10,13-24,26-28,56-57H2,1-4H3,(H2,58,72)(H,60,78)(H,61,75)(H,62,73)(H,63,76)(H,64,74)(H,65,79)(H,66,80)(H,67,77)(H,83,84)/t30-,33-,35-,36-,37-,38-,39-,40-,41-,42-,43-/m0/s1. The van der Waals surface area contributed by atoms with Crippen molar-refractivity contribution in [3.63, 3.8) is 0 Å². The molecule has 4 rings (SSSR count). The molecule has 11 atom stereocenters. The number of nitrogens with one attached hydrogen (secondary N) is 9. The first-order valence-electron chi connectivity index (χ1n) is 28.8. The first-order valence-corrected chi connectivity index (χ1v) is 30.8. The maximum absolute atomic E-state index is 14.7. The zero-order chi connectivity index (χ0) is 63.8. The number of thioether (sulfide) groups is 1. The van der Waals surface area contributed by atoms with Crippen molar-refractivity contribution in [1.29, 1.82) is 0 Å². The van der Waals surface area contributed by atoms with E-state index in [1.807, 2.05) is 6.26 Å². The molecule has 0 radical (unpaired) electrons. The van der Waals surface area contributed by atoms with Crippen LogP contribution < -0.4 is 59.7 Å². The summed E-state index contributed by atoms with van der Waals surface area (Å²) >= 11 is 5.57. The molecule has 2 aromatic rings. The molecule has 2 aliphatic rings. The fourth-order valence-corrected chi connectivity index (χ4v) is 10.7. The summed E-state index contributed by atoms with van der Waals surface area (Å²) in [5.74, 6) is -10.4. The molecular formula is C55H86N14O15S2. The highest BCUT2D eigenvalue weighted by Crippen LogP contribution is 2.24. The number of aliphatic hydroxyl groups is 2. The summed E-state index contributed by atoms with van der Waals surface area (Å²) in [6, 6.07) is -7.68. The Hall–Kier alpha value is -7.06. The van der Waals surface area contributed by atoms with Gasteiger partial charge >= 0.3 is 5.97 Å². The number of amides is 11. The molecule has 0 spiro atoms. The number of aromatic amines is 1. The number of primary amides is 1. The molecule has 31 heteroatoms. The summed E-state index contributed by atoms with van der Waals surface area (Å²) in [6.45, 7) is 3.32. The van der Waals surface area contributed by atoms with Crippen LogP contribution in [-0.2, 0) is 64.0 Å². The van der Waals surface area contributed by atoms with Gasteiger partial charge in [-0.3, -0.25) is 57.5 Å². The van der Waals surface area contributed by atoms with E-state index in [0.29, 0.717) is 60.9 Å². The Kier molecular flexibility index (Phi) is 29.5. The number of benzene rings is 1. The monoisotopic (exact) mass is 1250 g/mol. The SMILES string of the molecule is CSCC[C@H](N)C(=O)N[C@@H](CCCCN)C(=O)N1CCC[C@H]1C(=O)N[C@@H](CO)C(=O)N[C@@H](Cc1c[nH]c2ccccc12)C(=O)N[C@@H](CCC(N)=O)C(=O)N[C@@H](CC(C)C)C(=O)N1CCC[C@H]1C(=O)N[C@@H](CO)C(=O)N[C@@H](CS)C(=O)N[C@@H](C)C(=O)O. The second kappa shape index (κ2) is 35.5. The van der Waals surface area contributed by atoms with E-state index in [4.69, 9.17) is 17.2 Å². The van der Waals surface area contributed by atoms with E-state index in [-0.39, 0.29) is 56.9 Å². The number of thiol groups is 1. The topological polar surface area (TPSA) is 462 Å². The Morgan fingerprint density at radius 2 is 1.17 bits per heavy atom. The number of carboxylic acid groups (broad SMARTS) is 1. The summed E-state index contributed by atoms with van der Waals surface area (Å²) in [5, 5.41) is 50.7. The van der Waals surface area contributed by atoms with E-state index in [9.17, 15) is 72.9 Å². The van der Waals surface area contributed by atoms with Crippen LogP contribution in [0.25, 0.3) is 10.9 Å². The number of carboxylic acids is 1. The van der Waals surface area contributed by atoms with E-state index in [2.05, 4.69) is 60.1 Å². The van der Waals surface area contributed by atoms with Crippen LogP contribution in [0.1, 0.15) is 97.0 Å². The van der Waals surface area contributed by atoms with Crippen LogP contribution in [0.15, 0.2) is 30.5 Å². The van der Waals surface area contributed by atoms with E-state index < -0.39 is 163 Å². The van der Waals surface area contributed by atoms with Gasteiger partial charge in [0.2, 0.25) is 65.0 Å². The van der Waals surface area contributed by atoms with Gasteiger partial charge in [0, 0.05) is 48.8 Å². The highest BCUT2D eigenvalue weighted by molar-refractivity contribution is 7.98. The average molecular weight is 1250 g/mol. The first kappa shape index (κ1) is 71.4. The van der Waals surface area contributed by atoms with Crippen LogP contribution in [0.5, 0.6) is 0 Å². The number of aliphatic hydroxyl groups excluding tert-OH is 2. The van der Waals surface area contributed by atoms with Crippen LogP contribution in [0.3, 0.4) is 0 Å². The van der Waals surface area contributed by atoms with Crippen molar-refractivity contribution in [2.24, 2.45) is 23.1 Å². The third kappa shape index (κ3) is 21.1. The van der Waals surface area contributed by atoms with Crippen molar-refractivity contribution in [3.05, 3.63) is 36.0 Å². The number of likely N-dealkylation sites (tertiary alicyclic amines) is 2. The average Bonchev–Trinajstić information content (AvgIpc) is 4.13. The number of nitrogens with two attached hydrogens (primary N) is 3. The molecule has 0 saturated carbocycles. The Morgan fingerprint density at radius 1 is 0.663 bits per heavy atom. The van der Waals surface area contributed by atoms with Gasteiger partial charge in [-0.1, -0.05) is 32.0 Å². The zero-order valence-electron chi connectivity index (χ0n) is 49.0. The van der Waals surface area contributed by atoms with E-state index >= 15 is 0 Å². The number of hydrogen-bond acceptors (Lipinski definition) is 18. The molecule has 11 amide bonds. The molecule has 0 aliphatic carbocycles. The second-order valence-electron chi connectivity index (χ2n) is 21.8. The number of hydrogen-bond donors (Lipinski definition) is 16. The minimum atomic E-state index is -1.69.